The number of carbonyl (C=O) groups is 1. The molecule has 0 spiro atoms. The highest BCUT2D eigenvalue weighted by Crippen LogP contribution is 2.40. The number of thiocarbonyl (C=S) groups is 1. The van der Waals surface area contributed by atoms with Gasteiger partial charge in [-0.25, -0.2) is 4.79 Å². The van der Waals surface area contributed by atoms with Crippen LogP contribution in [0.3, 0.4) is 0 Å². The lowest BCUT2D eigenvalue weighted by molar-refractivity contribution is 0.0603. The van der Waals surface area contributed by atoms with Crippen molar-refractivity contribution >= 4 is 39.6 Å². The van der Waals surface area contributed by atoms with Gasteiger partial charge in [-0.15, -0.1) is 11.3 Å². The van der Waals surface area contributed by atoms with Crippen LogP contribution < -0.4 is 10.6 Å². The van der Waals surface area contributed by atoms with Gasteiger partial charge in [0.1, 0.15) is 10.6 Å². The first-order valence-corrected chi connectivity index (χ1v) is 8.12. The van der Waals surface area contributed by atoms with Crippen LogP contribution >= 0.6 is 23.6 Å². The number of nitrogens with one attached hydrogen (secondary N) is 2. The molecule has 1 aromatic heterocycles. The lowest BCUT2D eigenvalue weighted by atomic mass is 10.0. The summed E-state index contributed by atoms with van der Waals surface area (Å²) in [5.74, 6) is -0.370. The second-order valence-electron chi connectivity index (χ2n) is 4.58. The van der Waals surface area contributed by atoms with Gasteiger partial charge in [0.2, 0.25) is 0 Å². The zero-order valence-electron chi connectivity index (χ0n) is 12.7. The SMILES string of the molecule is CCNC(=S)Nc1sc(C)c(-c2ccccc2)c1C(=O)OC. The molecule has 0 saturated carbocycles. The predicted octanol–water partition coefficient (Wildman–Crippen LogP) is 3.82. The number of hydrogen-bond donors (Lipinski definition) is 2. The lowest BCUT2D eigenvalue weighted by Gasteiger charge is -2.10. The molecule has 0 unspecified atom stereocenters. The third-order valence-corrected chi connectivity index (χ3v) is 4.37. The van der Waals surface area contributed by atoms with Crippen LogP contribution in [0.2, 0.25) is 0 Å². The van der Waals surface area contributed by atoms with Crippen molar-refractivity contribution in [1.29, 1.82) is 0 Å². The van der Waals surface area contributed by atoms with Gasteiger partial charge >= 0.3 is 5.97 Å². The van der Waals surface area contributed by atoms with Gasteiger partial charge in [-0.05, 0) is 31.6 Å². The van der Waals surface area contributed by atoms with Gasteiger partial charge in [0.25, 0.3) is 0 Å². The molecule has 0 aliphatic heterocycles. The zero-order valence-corrected chi connectivity index (χ0v) is 14.4. The minimum absolute atomic E-state index is 0.370. The van der Waals surface area contributed by atoms with Crippen LogP contribution in [0, 0.1) is 6.92 Å². The van der Waals surface area contributed by atoms with E-state index in [1.165, 1.54) is 18.4 Å². The van der Waals surface area contributed by atoms with Crippen molar-refractivity contribution < 1.29 is 9.53 Å². The van der Waals surface area contributed by atoms with Crippen LogP contribution in [-0.2, 0) is 4.74 Å². The van der Waals surface area contributed by atoms with Crippen molar-refractivity contribution in [3.63, 3.8) is 0 Å². The molecule has 1 aromatic carbocycles. The van der Waals surface area contributed by atoms with Crippen LogP contribution in [0.15, 0.2) is 30.3 Å². The molecule has 6 heteroatoms. The Bertz CT molecular complexity index is 681. The Hall–Kier alpha value is -1.92. The van der Waals surface area contributed by atoms with E-state index in [0.717, 1.165) is 22.5 Å². The highest BCUT2D eigenvalue weighted by molar-refractivity contribution is 7.80. The summed E-state index contributed by atoms with van der Waals surface area (Å²) in [4.78, 5) is 13.3. The fraction of sp³-hybridized carbons (Fsp3) is 0.250. The van der Waals surface area contributed by atoms with Gasteiger partial charge in [-0.2, -0.15) is 0 Å². The monoisotopic (exact) mass is 334 g/mol. The van der Waals surface area contributed by atoms with E-state index >= 15 is 0 Å². The summed E-state index contributed by atoms with van der Waals surface area (Å²) in [6.07, 6.45) is 0. The molecule has 0 saturated heterocycles. The minimum atomic E-state index is -0.370. The topological polar surface area (TPSA) is 50.4 Å². The number of thiophene rings is 1. The molecule has 0 aliphatic rings. The van der Waals surface area contributed by atoms with Gasteiger partial charge in [0, 0.05) is 17.0 Å². The molecular weight excluding hydrogens is 316 g/mol. The summed E-state index contributed by atoms with van der Waals surface area (Å²) in [6.45, 7) is 4.67. The molecule has 0 fully saturated rings. The van der Waals surface area contributed by atoms with E-state index in [1.807, 2.05) is 44.2 Å². The Morgan fingerprint density at radius 3 is 2.59 bits per heavy atom. The van der Waals surface area contributed by atoms with Crippen LogP contribution in [0.1, 0.15) is 22.2 Å². The summed E-state index contributed by atoms with van der Waals surface area (Å²) < 4.78 is 4.96. The van der Waals surface area contributed by atoms with Crippen molar-refractivity contribution in [1.82, 2.24) is 5.32 Å². The van der Waals surface area contributed by atoms with Gasteiger partial charge < -0.3 is 15.4 Å². The van der Waals surface area contributed by atoms with Crippen molar-refractivity contribution in [2.24, 2.45) is 0 Å². The first-order chi connectivity index (χ1) is 10.6. The summed E-state index contributed by atoms with van der Waals surface area (Å²) in [5.41, 5.74) is 2.40. The Morgan fingerprint density at radius 2 is 2.00 bits per heavy atom. The van der Waals surface area contributed by atoms with Crippen molar-refractivity contribution in [3.8, 4) is 11.1 Å². The molecular formula is C16H18N2O2S2. The van der Waals surface area contributed by atoms with Crippen LogP contribution in [0.4, 0.5) is 5.00 Å². The molecule has 1 heterocycles. The Balaban J connectivity index is 2.52. The van der Waals surface area contributed by atoms with E-state index in [4.69, 9.17) is 17.0 Å². The second-order valence-corrected chi connectivity index (χ2v) is 6.21. The minimum Gasteiger partial charge on any atom is -0.465 e. The largest absolute Gasteiger partial charge is 0.465 e. The Morgan fingerprint density at radius 1 is 1.32 bits per heavy atom. The summed E-state index contributed by atoms with van der Waals surface area (Å²) in [6, 6.07) is 9.80. The summed E-state index contributed by atoms with van der Waals surface area (Å²) in [7, 11) is 1.39. The maximum atomic E-state index is 12.3. The van der Waals surface area contributed by atoms with E-state index in [9.17, 15) is 4.79 Å². The maximum Gasteiger partial charge on any atom is 0.341 e. The molecule has 2 rings (SSSR count). The number of aryl methyl sites for hydroxylation is 1. The van der Waals surface area contributed by atoms with Crippen LogP contribution in [0.25, 0.3) is 11.1 Å². The van der Waals surface area contributed by atoms with E-state index in [2.05, 4.69) is 10.6 Å². The first-order valence-electron chi connectivity index (χ1n) is 6.90. The van der Waals surface area contributed by atoms with Crippen LogP contribution in [0.5, 0.6) is 0 Å². The zero-order chi connectivity index (χ0) is 16.1. The molecule has 2 aromatic rings. The fourth-order valence-electron chi connectivity index (χ4n) is 2.19. The number of rotatable bonds is 4. The molecule has 0 atom stereocenters. The van der Waals surface area contributed by atoms with Gasteiger partial charge in [0.05, 0.1) is 7.11 Å². The van der Waals surface area contributed by atoms with Crippen molar-refractivity contribution in [2.75, 3.05) is 19.0 Å². The first kappa shape index (κ1) is 16.5. The molecule has 0 radical (unpaired) electrons. The van der Waals surface area contributed by atoms with E-state index < -0.39 is 0 Å². The Kier molecular flexibility index (Phi) is 5.51. The Labute approximate surface area is 139 Å². The van der Waals surface area contributed by atoms with Crippen LogP contribution in [-0.4, -0.2) is 24.7 Å². The summed E-state index contributed by atoms with van der Waals surface area (Å²) >= 11 is 6.71. The molecule has 116 valence electrons. The van der Waals surface area contributed by atoms with E-state index in [1.54, 1.807) is 0 Å². The van der Waals surface area contributed by atoms with Crippen molar-refractivity contribution in [2.45, 2.75) is 13.8 Å². The highest BCUT2D eigenvalue weighted by atomic mass is 32.1. The molecule has 2 N–H and O–H groups in total. The normalized spacial score (nSPS) is 10.1. The third-order valence-electron chi connectivity index (χ3n) is 3.10. The fourth-order valence-corrected chi connectivity index (χ4v) is 3.57. The number of hydrogen-bond acceptors (Lipinski definition) is 4. The standard InChI is InChI=1S/C16H18N2O2S2/c1-4-17-16(21)18-14-13(15(19)20-3)12(10(2)22-14)11-8-6-5-7-9-11/h5-9H,4H2,1-3H3,(H2,17,18,21). The summed E-state index contributed by atoms with van der Waals surface area (Å²) in [5, 5.41) is 7.31. The molecule has 0 amide bonds. The smallest absolute Gasteiger partial charge is 0.341 e. The van der Waals surface area contributed by atoms with Gasteiger partial charge in [-0.1, -0.05) is 30.3 Å². The number of esters is 1. The molecule has 22 heavy (non-hydrogen) atoms. The molecule has 0 aliphatic carbocycles. The number of carbonyl (C=O) groups excluding carboxylic acids is 1. The quantitative estimate of drug-likeness (QED) is 0.658. The van der Waals surface area contributed by atoms with E-state index in [0.29, 0.717) is 15.7 Å². The predicted molar refractivity (Wildman–Crippen MR) is 95.7 cm³/mol. The van der Waals surface area contributed by atoms with Gasteiger partial charge in [-0.3, -0.25) is 0 Å². The second kappa shape index (κ2) is 7.38. The van der Waals surface area contributed by atoms with Gasteiger partial charge in [0.15, 0.2) is 5.11 Å². The molecule has 0 bridgehead atoms. The van der Waals surface area contributed by atoms with E-state index in [-0.39, 0.29) is 5.97 Å². The number of methoxy groups -OCH3 is 1. The highest BCUT2D eigenvalue weighted by Gasteiger charge is 2.24. The third kappa shape index (κ3) is 3.45. The lowest BCUT2D eigenvalue weighted by Crippen LogP contribution is -2.28. The number of anilines is 1. The molecule has 4 nitrogen and oxygen atoms in total. The number of benzene rings is 1. The maximum absolute atomic E-state index is 12.3. The average Bonchev–Trinajstić information content (AvgIpc) is 2.83. The average molecular weight is 334 g/mol. The number of ether oxygens (including phenoxy) is 1. The van der Waals surface area contributed by atoms with Crippen molar-refractivity contribution in [3.05, 3.63) is 40.8 Å².